The van der Waals surface area contributed by atoms with Crippen LogP contribution in [-0.2, 0) is 14.4 Å². The molecular weight excluding hydrogens is 492 g/mol. The van der Waals surface area contributed by atoms with Gasteiger partial charge in [-0.05, 0) is 72.4 Å². The average Bonchev–Trinajstić information content (AvgIpc) is 3.31. The lowest BCUT2D eigenvalue weighted by atomic mass is 10.0. The summed E-state index contributed by atoms with van der Waals surface area (Å²) in [5, 5.41) is 27.7. The zero-order valence-electron chi connectivity index (χ0n) is 19.9. The van der Waals surface area contributed by atoms with Gasteiger partial charge in [-0.1, -0.05) is 12.1 Å². The number of aromatic hydroxyl groups is 2. The molecule has 1 heterocycles. The molecule has 0 bridgehead atoms. The van der Waals surface area contributed by atoms with E-state index in [2.05, 4.69) is 23.8 Å². The number of carbonyl (C=O) groups excluding carboxylic acids is 4. The molecular formula is C28H26N2O6S. The molecule has 0 radical (unpaired) electrons. The van der Waals surface area contributed by atoms with Crippen LogP contribution in [0.15, 0.2) is 90.8 Å². The molecule has 0 unspecified atom stereocenters. The first-order chi connectivity index (χ1) is 18.1. The number of hydrogen-bond donors (Lipinski definition) is 4. The fourth-order valence-electron chi connectivity index (χ4n) is 3.46. The van der Waals surface area contributed by atoms with Gasteiger partial charge in [0.05, 0.1) is 5.69 Å². The van der Waals surface area contributed by atoms with Crippen LogP contribution in [0.1, 0.15) is 10.4 Å². The van der Waals surface area contributed by atoms with E-state index < -0.39 is 0 Å². The van der Waals surface area contributed by atoms with Gasteiger partial charge in [0.1, 0.15) is 31.9 Å². The third kappa shape index (κ3) is 7.06. The quantitative estimate of drug-likeness (QED) is 0.183. The van der Waals surface area contributed by atoms with Crippen LogP contribution in [0.2, 0.25) is 0 Å². The van der Waals surface area contributed by atoms with Gasteiger partial charge in [0, 0.05) is 38.3 Å². The van der Waals surface area contributed by atoms with Crippen molar-refractivity contribution in [1.29, 1.82) is 0 Å². The van der Waals surface area contributed by atoms with Gasteiger partial charge in [0.15, 0.2) is 0 Å². The fraction of sp³-hybridized carbons (Fsp3) is 0. The van der Waals surface area contributed by atoms with Gasteiger partial charge in [-0.3, -0.25) is 4.79 Å². The standard InChI is InChI=1S/C23H16N2O3S.C2H4.3CH2O/c26-15-8-4-13(5-9-15)24-19-12-20(25-14-6-10-16(27)11-7-14)22-21-17(19)2-1-3-18(21)23(28)29-22;4*1-2/h1-12,24-27H;1-2H2;3*1H2. The summed E-state index contributed by atoms with van der Waals surface area (Å²) in [5.74, 6) is 0.396. The van der Waals surface area contributed by atoms with E-state index in [-0.39, 0.29) is 16.6 Å². The Labute approximate surface area is 218 Å². The van der Waals surface area contributed by atoms with E-state index in [0.717, 1.165) is 38.4 Å². The molecule has 8 nitrogen and oxygen atoms in total. The predicted octanol–water partition coefficient (Wildman–Crippen LogP) is 6.23. The number of hydrogen-bond acceptors (Lipinski definition) is 9. The number of phenolic OH excluding ortho intramolecular Hbond substituents is 2. The van der Waals surface area contributed by atoms with Crippen LogP contribution in [0.25, 0.3) is 10.8 Å². The lowest BCUT2D eigenvalue weighted by Gasteiger charge is -2.16. The minimum absolute atomic E-state index is 0.0288. The topological polar surface area (TPSA) is 133 Å². The van der Waals surface area contributed by atoms with E-state index in [1.807, 2.05) is 44.6 Å². The monoisotopic (exact) mass is 518 g/mol. The molecule has 0 atom stereocenters. The van der Waals surface area contributed by atoms with Crippen LogP contribution >= 0.6 is 11.8 Å². The highest BCUT2D eigenvalue weighted by atomic mass is 32.2. The van der Waals surface area contributed by atoms with Crippen LogP contribution < -0.4 is 10.6 Å². The second-order valence-corrected chi connectivity index (χ2v) is 7.75. The first kappa shape index (κ1) is 30.1. The molecule has 1 aliphatic rings. The van der Waals surface area contributed by atoms with Gasteiger partial charge in [-0.15, -0.1) is 13.2 Å². The van der Waals surface area contributed by atoms with Gasteiger partial charge in [-0.25, -0.2) is 0 Å². The average molecular weight is 519 g/mol. The SMILES string of the molecule is C=C.C=O.C=O.C=O.O=C1Sc2c(Nc3ccc(O)cc3)cc(Nc3ccc(O)cc3)c3cccc1c23. The first-order valence-corrected chi connectivity index (χ1v) is 11.2. The van der Waals surface area contributed by atoms with Crippen LogP contribution in [0.5, 0.6) is 11.5 Å². The maximum absolute atomic E-state index is 12.6. The van der Waals surface area contributed by atoms with Gasteiger partial charge in [-0.2, -0.15) is 0 Å². The highest BCUT2D eigenvalue weighted by molar-refractivity contribution is 8.15. The van der Waals surface area contributed by atoms with Crippen molar-refractivity contribution in [3.63, 3.8) is 0 Å². The van der Waals surface area contributed by atoms with Crippen molar-refractivity contribution in [2.75, 3.05) is 10.6 Å². The molecule has 1 aliphatic heterocycles. The number of anilines is 4. The zero-order chi connectivity index (χ0) is 28.0. The molecule has 0 saturated heterocycles. The Morgan fingerprint density at radius 3 is 1.59 bits per heavy atom. The Balaban J connectivity index is 0.000000784. The van der Waals surface area contributed by atoms with Gasteiger partial charge in [0.2, 0.25) is 5.12 Å². The van der Waals surface area contributed by atoms with Crippen LogP contribution in [-0.4, -0.2) is 35.7 Å². The van der Waals surface area contributed by atoms with Gasteiger partial charge in [0.25, 0.3) is 0 Å². The summed E-state index contributed by atoms with van der Waals surface area (Å²) in [4.78, 5) is 37.5. The van der Waals surface area contributed by atoms with Crippen molar-refractivity contribution in [1.82, 2.24) is 0 Å². The van der Waals surface area contributed by atoms with E-state index in [1.165, 1.54) is 11.8 Å². The molecule has 37 heavy (non-hydrogen) atoms. The Morgan fingerprint density at radius 1 is 0.649 bits per heavy atom. The van der Waals surface area contributed by atoms with Crippen LogP contribution in [0.4, 0.5) is 22.7 Å². The summed E-state index contributed by atoms with van der Waals surface area (Å²) in [6, 6.07) is 21.3. The van der Waals surface area contributed by atoms with Crippen molar-refractivity contribution in [2.24, 2.45) is 0 Å². The van der Waals surface area contributed by atoms with Gasteiger partial charge >= 0.3 is 0 Å². The van der Waals surface area contributed by atoms with Gasteiger partial charge < -0.3 is 35.2 Å². The maximum atomic E-state index is 12.6. The molecule has 0 fully saturated rings. The number of thioether (sulfide) groups is 1. The van der Waals surface area contributed by atoms with Crippen molar-refractivity contribution in [2.45, 2.75) is 4.90 Å². The smallest absolute Gasteiger partial charge is 0.224 e. The third-order valence-electron chi connectivity index (χ3n) is 4.82. The molecule has 0 amide bonds. The molecule has 190 valence electrons. The molecule has 9 heteroatoms. The maximum Gasteiger partial charge on any atom is 0.224 e. The second kappa shape index (κ2) is 15.2. The summed E-state index contributed by atoms with van der Waals surface area (Å²) in [7, 11) is 0. The summed E-state index contributed by atoms with van der Waals surface area (Å²) in [5.41, 5.74) is 4.01. The van der Waals surface area contributed by atoms with Crippen LogP contribution in [0.3, 0.4) is 0 Å². The first-order valence-electron chi connectivity index (χ1n) is 10.4. The van der Waals surface area contributed by atoms with E-state index in [1.54, 1.807) is 48.5 Å². The zero-order valence-corrected chi connectivity index (χ0v) is 20.7. The van der Waals surface area contributed by atoms with E-state index in [4.69, 9.17) is 14.4 Å². The summed E-state index contributed by atoms with van der Waals surface area (Å²) in [6.45, 7) is 12.0. The molecule has 0 saturated carbocycles. The number of benzene rings is 4. The number of phenols is 2. The fourth-order valence-corrected chi connectivity index (χ4v) is 4.47. The Bertz CT molecular complexity index is 1320. The predicted molar refractivity (Wildman–Crippen MR) is 150 cm³/mol. The summed E-state index contributed by atoms with van der Waals surface area (Å²) in [6.07, 6.45) is 0. The Kier molecular flexibility index (Phi) is 12.4. The highest BCUT2D eigenvalue weighted by Crippen LogP contribution is 2.48. The van der Waals surface area contributed by atoms with Crippen molar-refractivity contribution in [3.8, 4) is 11.5 Å². The lowest BCUT2D eigenvalue weighted by Crippen LogP contribution is -1.97. The van der Waals surface area contributed by atoms with E-state index in [0.29, 0.717) is 5.56 Å². The minimum Gasteiger partial charge on any atom is -0.508 e. The molecule has 4 aromatic rings. The summed E-state index contributed by atoms with van der Waals surface area (Å²) >= 11 is 1.22. The number of nitrogens with one attached hydrogen (secondary N) is 2. The van der Waals surface area contributed by atoms with E-state index >= 15 is 0 Å². The Hall–Kier alpha value is -4.89. The molecule has 0 aromatic heterocycles. The third-order valence-corrected chi connectivity index (χ3v) is 5.86. The molecule has 5 rings (SSSR count). The van der Waals surface area contributed by atoms with Crippen LogP contribution in [0, 0.1) is 0 Å². The molecule has 0 aliphatic carbocycles. The van der Waals surface area contributed by atoms with E-state index in [9.17, 15) is 15.0 Å². The minimum atomic E-state index is 0.0288. The molecule has 4 N–H and O–H groups in total. The van der Waals surface area contributed by atoms with Crippen molar-refractivity contribution < 1.29 is 29.4 Å². The molecule has 4 aromatic carbocycles. The molecule has 0 spiro atoms. The largest absolute Gasteiger partial charge is 0.508 e. The number of rotatable bonds is 4. The number of carbonyl (C=O) groups is 4. The second-order valence-electron chi connectivity index (χ2n) is 6.76. The summed E-state index contributed by atoms with van der Waals surface area (Å²) < 4.78 is 0. The lowest BCUT2D eigenvalue weighted by molar-refractivity contribution is -0.0987. The highest BCUT2D eigenvalue weighted by Gasteiger charge is 2.27. The van der Waals surface area contributed by atoms with Crippen molar-refractivity contribution >= 4 is 70.8 Å². The normalized spacial score (nSPS) is 10.1. The van der Waals surface area contributed by atoms with Crippen molar-refractivity contribution in [3.05, 3.63) is 91.5 Å². The Morgan fingerprint density at radius 2 is 1.11 bits per heavy atom.